The third-order valence-corrected chi connectivity index (χ3v) is 4.41. The third kappa shape index (κ3) is 3.48. The maximum absolute atomic E-state index is 12.8. The Hall–Kier alpha value is -1.30. The van der Waals surface area contributed by atoms with E-state index in [4.69, 9.17) is 0 Å². The summed E-state index contributed by atoms with van der Waals surface area (Å²) in [6.07, 6.45) is -3.51. The zero-order chi connectivity index (χ0) is 15.8. The molecule has 0 N–H and O–H groups in total. The van der Waals surface area contributed by atoms with Crippen LogP contribution in [0.3, 0.4) is 0 Å². The van der Waals surface area contributed by atoms with Gasteiger partial charge in [0.1, 0.15) is 0 Å². The molecule has 1 aromatic heterocycles. The molecular weight excluding hydrogens is 281 g/mol. The highest BCUT2D eigenvalue weighted by Gasteiger charge is 2.42. The fraction of sp³-hybridized carbons (Fsp3) is 0.667. The Morgan fingerprint density at radius 3 is 2.57 bits per heavy atom. The van der Waals surface area contributed by atoms with Crippen molar-refractivity contribution in [2.24, 2.45) is 13.0 Å². The molecule has 0 spiro atoms. The van der Waals surface area contributed by atoms with E-state index < -0.39 is 12.1 Å². The first-order valence-electron chi connectivity index (χ1n) is 7.15. The molecule has 0 aromatic carbocycles. The molecule has 1 saturated heterocycles. The van der Waals surface area contributed by atoms with E-state index >= 15 is 0 Å². The predicted molar refractivity (Wildman–Crippen MR) is 74.4 cm³/mol. The summed E-state index contributed by atoms with van der Waals surface area (Å²) in [6.45, 7) is 4.32. The monoisotopic (exact) mass is 302 g/mol. The van der Waals surface area contributed by atoms with E-state index in [-0.39, 0.29) is 25.3 Å². The first-order chi connectivity index (χ1) is 9.70. The van der Waals surface area contributed by atoms with E-state index in [9.17, 15) is 18.0 Å². The molecule has 3 nitrogen and oxygen atoms in total. The van der Waals surface area contributed by atoms with E-state index in [0.29, 0.717) is 18.5 Å². The zero-order valence-corrected chi connectivity index (χ0v) is 12.6. The number of carbonyl (C=O) groups is 1. The average Bonchev–Trinajstić information content (AvgIpc) is 2.66. The summed E-state index contributed by atoms with van der Waals surface area (Å²) >= 11 is 0. The smallest absolute Gasteiger partial charge is 0.351 e. The van der Waals surface area contributed by atoms with E-state index in [1.807, 2.05) is 31.5 Å². The second-order valence-corrected chi connectivity index (χ2v) is 5.88. The predicted octanol–water partition coefficient (Wildman–Crippen LogP) is 3.10. The standard InChI is InChI=1S/C15H21F3N2O/c1-10-7-13(11(2)19(10)3)14(21)9-20-6-4-5-12(8-20)15(16,17)18/h7,12H,4-6,8-9H2,1-3H3. The highest BCUT2D eigenvalue weighted by atomic mass is 19.4. The van der Waals surface area contributed by atoms with Crippen LogP contribution >= 0.6 is 0 Å². The van der Waals surface area contributed by atoms with Crippen molar-refractivity contribution < 1.29 is 18.0 Å². The minimum absolute atomic E-state index is 0.0663. The van der Waals surface area contributed by atoms with Crippen molar-refractivity contribution in [2.75, 3.05) is 19.6 Å². The van der Waals surface area contributed by atoms with Crippen LogP contribution in [0, 0.1) is 19.8 Å². The molecule has 2 heterocycles. The summed E-state index contributed by atoms with van der Waals surface area (Å²) in [6, 6.07) is 1.81. The van der Waals surface area contributed by atoms with Gasteiger partial charge in [-0.3, -0.25) is 9.69 Å². The normalized spacial score (nSPS) is 20.8. The number of Topliss-reactive ketones (excluding diaryl/α,β-unsaturated/α-hetero) is 1. The number of carbonyl (C=O) groups excluding carboxylic acids is 1. The molecule has 1 unspecified atom stereocenters. The Morgan fingerprint density at radius 2 is 2.05 bits per heavy atom. The van der Waals surface area contributed by atoms with Crippen LogP contribution in [0.25, 0.3) is 0 Å². The molecule has 1 fully saturated rings. The van der Waals surface area contributed by atoms with Gasteiger partial charge < -0.3 is 4.57 Å². The lowest BCUT2D eigenvalue weighted by atomic mass is 9.97. The van der Waals surface area contributed by atoms with Crippen molar-refractivity contribution in [1.82, 2.24) is 9.47 Å². The average molecular weight is 302 g/mol. The summed E-state index contributed by atoms with van der Waals surface area (Å²) in [5.74, 6) is -1.41. The lowest BCUT2D eigenvalue weighted by molar-refractivity contribution is -0.186. The number of ketones is 1. The molecule has 2 rings (SSSR count). The van der Waals surface area contributed by atoms with Gasteiger partial charge in [-0.15, -0.1) is 0 Å². The highest BCUT2D eigenvalue weighted by molar-refractivity contribution is 5.99. The molecule has 1 aliphatic rings. The zero-order valence-electron chi connectivity index (χ0n) is 12.6. The number of piperidine rings is 1. The van der Waals surface area contributed by atoms with Crippen LogP contribution in [0.4, 0.5) is 13.2 Å². The number of alkyl halides is 3. The van der Waals surface area contributed by atoms with Crippen molar-refractivity contribution >= 4 is 5.78 Å². The SMILES string of the molecule is Cc1cc(C(=O)CN2CCCC(C(F)(F)F)C2)c(C)n1C. The summed E-state index contributed by atoms with van der Waals surface area (Å²) < 4.78 is 40.3. The largest absolute Gasteiger partial charge is 0.393 e. The Balaban J connectivity index is 2.04. The topological polar surface area (TPSA) is 25.2 Å². The molecule has 1 aliphatic heterocycles. The van der Waals surface area contributed by atoms with Crippen LogP contribution in [0.1, 0.15) is 34.6 Å². The fourth-order valence-electron chi connectivity index (χ4n) is 2.89. The molecule has 0 saturated carbocycles. The van der Waals surface area contributed by atoms with Gasteiger partial charge in [0, 0.05) is 30.5 Å². The van der Waals surface area contributed by atoms with Crippen LogP contribution in [0.15, 0.2) is 6.07 Å². The van der Waals surface area contributed by atoms with Gasteiger partial charge >= 0.3 is 6.18 Å². The first-order valence-corrected chi connectivity index (χ1v) is 7.15. The van der Waals surface area contributed by atoms with Crippen molar-refractivity contribution in [3.8, 4) is 0 Å². The van der Waals surface area contributed by atoms with Crippen molar-refractivity contribution in [3.05, 3.63) is 23.0 Å². The van der Waals surface area contributed by atoms with Gasteiger partial charge in [0.15, 0.2) is 5.78 Å². The minimum Gasteiger partial charge on any atom is -0.351 e. The van der Waals surface area contributed by atoms with E-state index in [1.54, 1.807) is 4.90 Å². The molecule has 0 aliphatic carbocycles. The number of nitrogens with zero attached hydrogens (tertiary/aromatic N) is 2. The molecule has 0 radical (unpaired) electrons. The Kier molecular flexibility index (Phi) is 4.46. The summed E-state index contributed by atoms with van der Waals surface area (Å²) in [4.78, 5) is 14.0. The molecule has 0 bridgehead atoms. The minimum atomic E-state index is -4.17. The third-order valence-electron chi connectivity index (χ3n) is 4.41. The number of rotatable bonds is 3. The molecular formula is C15H21F3N2O. The van der Waals surface area contributed by atoms with Gasteiger partial charge in [-0.2, -0.15) is 13.2 Å². The second-order valence-electron chi connectivity index (χ2n) is 5.88. The number of hydrogen-bond acceptors (Lipinski definition) is 2. The number of halogens is 3. The van der Waals surface area contributed by atoms with Crippen LogP contribution in [-0.4, -0.2) is 41.1 Å². The van der Waals surface area contributed by atoms with Gasteiger partial charge in [0.25, 0.3) is 0 Å². The second kappa shape index (κ2) is 5.83. The first kappa shape index (κ1) is 16.1. The van der Waals surface area contributed by atoms with Gasteiger partial charge in [0.2, 0.25) is 0 Å². The van der Waals surface area contributed by atoms with E-state index in [0.717, 1.165) is 11.4 Å². The van der Waals surface area contributed by atoms with Gasteiger partial charge in [-0.05, 0) is 39.3 Å². The van der Waals surface area contributed by atoms with E-state index in [1.165, 1.54) is 0 Å². The summed E-state index contributed by atoms with van der Waals surface area (Å²) in [7, 11) is 1.88. The van der Waals surface area contributed by atoms with Crippen molar-refractivity contribution in [2.45, 2.75) is 32.9 Å². The van der Waals surface area contributed by atoms with Crippen molar-refractivity contribution in [1.29, 1.82) is 0 Å². The van der Waals surface area contributed by atoms with Gasteiger partial charge in [-0.1, -0.05) is 0 Å². The van der Waals surface area contributed by atoms with Crippen molar-refractivity contribution in [3.63, 3.8) is 0 Å². The Labute approximate surface area is 122 Å². The Bertz CT molecular complexity index is 534. The van der Waals surface area contributed by atoms with Crippen LogP contribution in [0.2, 0.25) is 0 Å². The number of aryl methyl sites for hydroxylation is 1. The molecule has 0 amide bonds. The lowest BCUT2D eigenvalue weighted by Gasteiger charge is -2.33. The Morgan fingerprint density at radius 1 is 1.38 bits per heavy atom. The fourth-order valence-corrected chi connectivity index (χ4v) is 2.89. The number of aromatic nitrogens is 1. The maximum atomic E-state index is 12.8. The van der Waals surface area contributed by atoms with Gasteiger partial charge in [-0.25, -0.2) is 0 Å². The molecule has 1 aromatic rings. The number of hydrogen-bond donors (Lipinski definition) is 0. The van der Waals surface area contributed by atoms with Crippen LogP contribution in [-0.2, 0) is 7.05 Å². The highest BCUT2D eigenvalue weighted by Crippen LogP contribution is 2.33. The molecule has 118 valence electrons. The van der Waals surface area contributed by atoms with Crippen LogP contribution < -0.4 is 0 Å². The number of likely N-dealkylation sites (tertiary alicyclic amines) is 1. The maximum Gasteiger partial charge on any atom is 0.393 e. The van der Waals surface area contributed by atoms with Gasteiger partial charge in [0.05, 0.1) is 12.5 Å². The van der Waals surface area contributed by atoms with Crippen LogP contribution in [0.5, 0.6) is 0 Å². The molecule has 21 heavy (non-hydrogen) atoms. The molecule has 6 heteroatoms. The lowest BCUT2D eigenvalue weighted by Crippen LogP contribution is -2.43. The molecule has 1 atom stereocenters. The van der Waals surface area contributed by atoms with E-state index in [2.05, 4.69) is 0 Å². The summed E-state index contributed by atoms with van der Waals surface area (Å²) in [5, 5.41) is 0. The quantitative estimate of drug-likeness (QED) is 0.802. The summed E-state index contributed by atoms with van der Waals surface area (Å²) in [5.41, 5.74) is 2.45.